The summed E-state index contributed by atoms with van der Waals surface area (Å²) < 4.78 is 9.91. The molecule has 0 bridgehead atoms. The molecule has 0 fully saturated rings. The molecule has 0 amide bonds. The number of carbonyl (C=O) groups is 1. The minimum absolute atomic E-state index is 0.462. The van der Waals surface area contributed by atoms with E-state index in [1.54, 1.807) is 48.5 Å². The summed E-state index contributed by atoms with van der Waals surface area (Å²) in [7, 11) is 0. The van der Waals surface area contributed by atoms with Crippen molar-refractivity contribution in [1.82, 2.24) is 0 Å². The molecule has 0 saturated heterocycles. The van der Waals surface area contributed by atoms with Crippen LogP contribution in [0.25, 0.3) is 0 Å². The summed E-state index contributed by atoms with van der Waals surface area (Å²) in [5.41, 5.74) is 0. The normalized spacial score (nSPS) is 7.00. The number of hydrogen-bond acceptors (Lipinski definition) is 3. The van der Waals surface area contributed by atoms with Crippen molar-refractivity contribution in [3.8, 4) is 48.0 Å². The first-order chi connectivity index (χ1) is 12.8. The number of carbonyl (C=O) groups excluding carboxylic acids is 1. The number of hydrogen-bond donors (Lipinski definition) is 0. The molecule has 26 heavy (non-hydrogen) atoms. The molecule has 2 rings (SSSR count). The van der Waals surface area contributed by atoms with Gasteiger partial charge in [0.25, 0.3) is 0 Å². The smallest absolute Gasteiger partial charge is 0.395 e. The first-order valence-electron chi connectivity index (χ1n) is 8.17. The molecule has 0 saturated carbocycles. The summed E-state index contributed by atoms with van der Waals surface area (Å²) in [4.78, 5) is 11.3. The Kier molecular flexibility index (Phi) is 18.4. The average molecular weight is 348 g/mol. The largest absolute Gasteiger partial charge is 0.519 e. The van der Waals surface area contributed by atoms with Crippen LogP contribution in [-0.2, 0) is 0 Å². The maximum atomic E-state index is 11.3. The van der Waals surface area contributed by atoms with Crippen LogP contribution in [0.4, 0.5) is 4.79 Å². The second-order valence-corrected chi connectivity index (χ2v) is 3.62. The number of benzene rings is 2. The fraction of sp³-hybridized carbons (Fsp3) is 0.174. The van der Waals surface area contributed by atoms with Gasteiger partial charge in [0.15, 0.2) is 0 Å². The Morgan fingerprint density at radius 1 is 0.692 bits per heavy atom. The molecular weight excluding hydrogens is 324 g/mol. The van der Waals surface area contributed by atoms with Crippen molar-refractivity contribution in [2.45, 2.75) is 27.7 Å². The Morgan fingerprint density at radius 3 is 1.27 bits per heavy atom. The van der Waals surface area contributed by atoms with Crippen molar-refractivity contribution in [3.63, 3.8) is 0 Å². The lowest BCUT2D eigenvalue weighted by atomic mass is 10.3. The lowest BCUT2D eigenvalue weighted by Crippen LogP contribution is -2.13. The zero-order valence-corrected chi connectivity index (χ0v) is 15.7. The molecule has 3 nitrogen and oxygen atoms in total. The topological polar surface area (TPSA) is 35.5 Å². The van der Waals surface area contributed by atoms with E-state index in [0.717, 1.165) is 0 Å². The number of para-hydroxylation sites is 2. The molecule has 0 aromatic heterocycles. The summed E-state index contributed by atoms with van der Waals surface area (Å²) >= 11 is 0. The summed E-state index contributed by atoms with van der Waals surface area (Å²) in [6.45, 7) is 8.00. The molecule has 0 heterocycles. The first-order valence-corrected chi connectivity index (χ1v) is 8.17. The van der Waals surface area contributed by atoms with Gasteiger partial charge in [0.2, 0.25) is 0 Å². The minimum atomic E-state index is -0.739. The highest BCUT2D eigenvalue weighted by Crippen LogP contribution is 2.12. The van der Waals surface area contributed by atoms with Gasteiger partial charge in [-0.1, -0.05) is 64.1 Å². The Bertz CT molecular complexity index is 663. The van der Waals surface area contributed by atoms with E-state index in [1.807, 2.05) is 39.8 Å². The predicted octanol–water partition coefficient (Wildman–Crippen LogP) is 5.57. The van der Waals surface area contributed by atoms with E-state index in [-0.39, 0.29) is 0 Å². The fourth-order valence-corrected chi connectivity index (χ4v) is 1.26. The van der Waals surface area contributed by atoms with E-state index in [2.05, 4.69) is 23.7 Å². The van der Waals surface area contributed by atoms with E-state index in [9.17, 15) is 4.79 Å². The average Bonchev–Trinajstić information content (AvgIpc) is 2.71. The summed E-state index contributed by atoms with van der Waals surface area (Å²) in [6.07, 6.45) is 8.65. The molecule has 0 aliphatic carbocycles. The van der Waals surface area contributed by atoms with Gasteiger partial charge in [-0.2, -0.15) is 0 Å². The second kappa shape index (κ2) is 19.4. The van der Waals surface area contributed by atoms with E-state index in [0.29, 0.717) is 11.5 Å². The van der Waals surface area contributed by atoms with E-state index in [4.69, 9.17) is 22.3 Å². The first kappa shape index (κ1) is 24.6. The fourth-order valence-electron chi connectivity index (χ4n) is 1.26. The van der Waals surface area contributed by atoms with E-state index < -0.39 is 6.16 Å². The van der Waals surface area contributed by atoms with Crippen LogP contribution in [0.3, 0.4) is 0 Å². The summed E-state index contributed by atoms with van der Waals surface area (Å²) in [5.74, 6) is 9.53. The highest BCUT2D eigenvalue weighted by Gasteiger charge is 2.06. The molecular formula is C23H24O3. The van der Waals surface area contributed by atoms with Gasteiger partial charge in [-0.3, -0.25) is 0 Å². The molecule has 0 unspecified atom stereocenters. The minimum Gasteiger partial charge on any atom is -0.395 e. The van der Waals surface area contributed by atoms with Crippen LogP contribution in [0.2, 0.25) is 0 Å². The monoisotopic (exact) mass is 348 g/mol. The molecule has 0 radical (unpaired) electrons. The van der Waals surface area contributed by atoms with Crippen molar-refractivity contribution >= 4 is 6.16 Å². The Hall–Kier alpha value is -3.61. The molecule has 0 aliphatic heterocycles. The van der Waals surface area contributed by atoms with Crippen LogP contribution in [0, 0.1) is 36.5 Å². The quantitative estimate of drug-likeness (QED) is 0.404. The van der Waals surface area contributed by atoms with Gasteiger partial charge in [0.05, 0.1) is 0 Å². The SMILES string of the molecule is C#CC#CC#C.CC.CC.O=C(Oc1ccccc1)Oc1ccccc1. The van der Waals surface area contributed by atoms with Gasteiger partial charge >= 0.3 is 6.16 Å². The third kappa shape index (κ3) is 14.0. The molecule has 3 heteroatoms. The van der Waals surface area contributed by atoms with Gasteiger partial charge in [0, 0.05) is 0 Å². The summed E-state index contributed by atoms with van der Waals surface area (Å²) in [6, 6.07) is 17.6. The number of terminal acetylenes is 2. The highest BCUT2D eigenvalue weighted by atomic mass is 16.7. The lowest BCUT2D eigenvalue weighted by Gasteiger charge is -2.04. The Labute approximate surface area is 157 Å². The van der Waals surface area contributed by atoms with Crippen LogP contribution in [0.1, 0.15) is 27.7 Å². The van der Waals surface area contributed by atoms with Crippen molar-refractivity contribution in [2.24, 2.45) is 0 Å². The van der Waals surface area contributed by atoms with Gasteiger partial charge in [-0.15, -0.1) is 12.8 Å². The van der Waals surface area contributed by atoms with Crippen LogP contribution < -0.4 is 9.47 Å². The summed E-state index contributed by atoms with van der Waals surface area (Å²) in [5, 5.41) is 0. The molecule has 134 valence electrons. The third-order valence-corrected chi connectivity index (χ3v) is 2.10. The van der Waals surface area contributed by atoms with E-state index >= 15 is 0 Å². The van der Waals surface area contributed by atoms with Crippen molar-refractivity contribution in [2.75, 3.05) is 0 Å². The third-order valence-electron chi connectivity index (χ3n) is 2.10. The van der Waals surface area contributed by atoms with Gasteiger partial charge in [0.1, 0.15) is 11.5 Å². The molecule has 0 aliphatic rings. The lowest BCUT2D eigenvalue weighted by molar-refractivity contribution is 0.152. The molecule has 2 aromatic carbocycles. The van der Waals surface area contributed by atoms with E-state index in [1.165, 1.54) is 0 Å². The number of rotatable bonds is 2. The van der Waals surface area contributed by atoms with Gasteiger partial charge in [-0.25, -0.2) is 4.79 Å². The second-order valence-electron chi connectivity index (χ2n) is 3.62. The standard InChI is InChI=1S/C13H10O3.C6H2.2C2H6/c14-13(15-11-7-3-1-4-8-11)16-12-9-5-2-6-10-12;1-3-5-6-4-2;2*1-2/h1-10H;1-2H;2*1-2H3. The van der Waals surface area contributed by atoms with Crippen LogP contribution in [-0.4, -0.2) is 6.16 Å². The molecule has 0 N–H and O–H groups in total. The van der Waals surface area contributed by atoms with Crippen molar-refractivity contribution < 1.29 is 14.3 Å². The van der Waals surface area contributed by atoms with Crippen molar-refractivity contribution in [3.05, 3.63) is 60.7 Å². The van der Waals surface area contributed by atoms with Gasteiger partial charge < -0.3 is 9.47 Å². The molecule has 0 atom stereocenters. The number of ether oxygens (including phenoxy) is 2. The Balaban J connectivity index is 0. The van der Waals surface area contributed by atoms with Gasteiger partial charge in [-0.05, 0) is 47.9 Å². The van der Waals surface area contributed by atoms with Crippen LogP contribution in [0.15, 0.2) is 60.7 Å². The zero-order valence-electron chi connectivity index (χ0n) is 15.7. The highest BCUT2D eigenvalue weighted by molar-refractivity contribution is 5.66. The maximum absolute atomic E-state index is 11.3. The van der Waals surface area contributed by atoms with Crippen molar-refractivity contribution in [1.29, 1.82) is 0 Å². The Morgan fingerprint density at radius 2 is 1.00 bits per heavy atom. The van der Waals surface area contributed by atoms with Crippen LogP contribution >= 0.6 is 0 Å². The van der Waals surface area contributed by atoms with Crippen LogP contribution in [0.5, 0.6) is 11.5 Å². The molecule has 0 spiro atoms. The molecule has 2 aromatic rings. The maximum Gasteiger partial charge on any atom is 0.519 e. The predicted molar refractivity (Wildman–Crippen MR) is 108 cm³/mol. The zero-order chi connectivity index (χ0) is 20.0.